The third-order valence-corrected chi connectivity index (χ3v) is 3.68. The number of hydrogen-bond acceptors (Lipinski definition) is 5. The molecule has 1 unspecified atom stereocenters. The van der Waals surface area contributed by atoms with E-state index in [-0.39, 0.29) is 6.04 Å². The zero-order valence-electron chi connectivity index (χ0n) is 7.11. The number of hydrogen-bond donors (Lipinski definition) is 2. The third kappa shape index (κ3) is 1.82. The number of thiophene rings is 1. The SMILES string of the molecule is NNC(c1cscn1)c1ccsc1Cl. The van der Waals surface area contributed by atoms with Gasteiger partial charge in [0.1, 0.15) is 0 Å². The highest BCUT2D eigenvalue weighted by Crippen LogP contribution is 2.31. The molecule has 2 aromatic rings. The smallest absolute Gasteiger partial charge is 0.0980 e. The summed E-state index contributed by atoms with van der Waals surface area (Å²) in [6, 6.07) is 1.84. The van der Waals surface area contributed by atoms with E-state index in [1.165, 1.54) is 11.3 Å². The molecule has 0 aromatic carbocycles. The van der Waals surface area contributed by atoms with Gasteiger partial charge in [-0.3, -0.25) is 5.84 Å². The molecular weight excluding hydrogens is 238 g/mol. The summed E-state index contributed by atoms with van der Waals surface area (Å²) in [4.78, 5) is 4.21. The van der Waals surface area contributed by atoms with Crippen LogP contribution in [0.25, 0.3) is 0 Å². The third-order valence-electron chi connectivity index (χ3n) is 1.87. The molecular formula is C8H8ClN3S2. The van der Waals surface area contributed by atoms with Crippen molar-refractivity contribution in [2.45, 2.75) is 6.04 Å². The van der Waals surface area contributed by atoms with Crippen LogP contribution in [-0.4, -0.2) is 4.98 Å². The molecule has 74 valence electrons. The van der Waals surface area contributed by atoms with Crippen LogP contribution in [0.2, 0.25) is 4.34 Å². The first-order chi connectivity index (χ1) is 6.83. The normalized spacial score (nSPS) is 13.0. The van der Waals surface area contributed by atoms with Crippen LogP contribution in [0.5, 0.6) is 0 Å². The van der Waals surface area contributed by atoms with Gasteiger partial charge in [-0.1, -0.05) is 11.6 Å². The van der Waals surface area contributed by atoms with Crippen molar-refractivity contribution in [3.05, 3.63) is 37.9 Å². The Balaban J connectivity index is 2.36. The number of nitrogens with zero attached hydrogens (tertiary/aromatic N) is 1. The van der Waals surface area contributed by atoms with Gasteiger partial charge in [0.25, 0.3) is 0 Å². The maximum atomic E-state index is 6.03. The first-order valence-corrected chi connectivity index (χ1v) is 6.10. The fourth-order valence-corrected chi connectivity index (χ4v) is 2.77. The van der Waals surface area contributed by atoms with E-state index >= 15 is 0 Å². The van der Waals surface area contributed by atoms with Gasteiger partial charge in [-0.15, -0.1) is 22.7 Å². The van der Waals surface area contributed by atoms with E-state index in [0.29, 0.717) is 0 Å². The van der Waals surface area contributed by atoms with Gasteiger partial charge in [-0.2, -0.15) is 0 Å². The van der Waals surface area contributed by atoms with Crippen LogP contribution in [0.15, 0.2) is 22.3 Å². The van der Waals surface area contributed by atoms with Crippen molar-refractivity contribution in [1.29, 1.82) is 0 Å². The zero-order chi connectivity index (χ0) is 9.97. The van der Waals surface area contributed by atoms with Gasteiger partial charge in [-0.25, -0.2) is 10.4 Å². The number of thiazole rings is 1. The van der Waals surface area contributed by atoms with Crippen molar-refractivity contribution < 1.29 is 0 Å². The molecule has 0 aliphatic carbocycles. The fourth-order valence-electron chi connectivity index (χ4n) is 1.21. The second kappa shape index (κ2) is 4.37. The van der Waals surface area contributed by atoms with Crippen LogP contribution in [-0.2, 0) is 0 Å². The molecule has 0 aliphatic heterocycles. The minimum absolute atomic E-state index is 0.111. The zero-order valence-corrected chi connectivity index (χ0v) is 9.49. The Kier molecular flexibility index (Phi) is 3.15. The summed E-state index contributed by atoms with van der Waals surface area (Å²) in [7, 11) is 0. The molecule has 14 heavy (non-hydrogen) atoms. The number of halogens is 1. The number of nitrogens with two attached hydrogens (primary N) is 1. The minimum atomic E-state index is -0.111. The van der Waals surface area contributed by atoms with Crippen LogP contribution in [0.1, 0.15) is 17.3 Å². The van der Waals surface area contributed by atoms with Crippen molar-refractivity contribution in [2.75, 3.05) is 0 Å². The molecule has 0 spiro atoms. The van der Waals surface area contributed by atoms with Gasteiger partial charge >= 0.3 is 0 Å². The van der Waals surface area contributed by atoms with E-state index < -0.39 is 0 Å². The van der Waals surface area contributed by atoms with Crippen LogP contribution in [0.3, 0.4) is 0 Å². The summed E-state index contributed by atoms with van der Waals surface area (Å²) in [5, 5.41) is 3.90. The van der Waals surface area contributed by atoms with Crippen molar-refractivity contribution in [3.8, 4) is 0 Å². The predicted octanol–water partition coefficient (Wildman–Crippen LogP) is 2.41. The largest absolute Gasteiger partial charge is 0.271 e. The second-order valence-corrected chi connectivity index (χ2v) is 4.90. The average Bonchev–Trinajstić information content (AvgIpc) is 2.80. The monoisotopic (exact) mass is 245 g/mol. The Hall–Kier alpha value is -0.460. The van der Waals surface area contributed by atoms with E-state index in [2.05, 4.69) is 10.4 Å². The molecule has 0 saturated heterocycles. The molecule has 0 bridgehead atoms. The van der Waals surface area contributed by atoms with Crippen LogP contribution >= 0.6 is 34.3 Å². The number of rotatable bonds is 3. The highest BCUT2D eigenvalue weighted by atomic mass is 35.5. The maximum Gasteiger partial charge on any atom is 0.0980 e. The van der Waals surface area contributed by atoms with Gasteiger partial charge in [0, 0.05) is 10.9 Å². The molecule has 0 radical (unpaired) electrons. The summed E-state index contributed by atoms with van der Waals surface area (Å²) in [6.07, 6.45) is 0. The molecule has 3 nitrogen and oxygen atoms in total. The number of nitrogens with one attached hydrogen (secondary N) is 1. The van der Waals surface area contributed by atoms with Crippen LogP contribution in [0, 0.1) is 0 Å². The Labute approximate surface area is 94.5 Å². The van der Waals surface area contributed by atoms with Gasteiger partial charge in [0.05, 0.1) is 21.6 Å². The number of aromatic nitrogens is 1. The first kappa shape index (κ1) is 10.1. The maximum absolute atomic E-state index is 6.03. The lowest BCUT2D eigenvalue weighted by Gasteiger charge is -2.12. The lowest BCUT2D eigenvalue weighted by Crippen LogP contribution is -2.28. The summed E-state index contributed by atoms with van der Waals surface area (Å²) in [6.45, 7) is 0. The number of hydrazine groups is 1. The molecule has 2 rings (SSSR count). The molecule has 2 aromatic heterocycles. The quantitative estimate of drug-likeness (QED) is 0.645. The highest BCUT2D eigenvalue weighted by Gasteiger charge is 2.17. The van der Waals surface area contributed by atoms with E-state index in [9.17, 15) is 0 Å². The lowest BCUT2D eigenvalue weighted by molar-refractivity contribution is 0.626. The summed E-state index contributed by atoms with van der Waals surface area (Å²) in [5.41, 5.74) is 6.37. The van der Waals surface area contributed by atoms with E-state index in [1.54, 1.807) is 16.8 Å². The first-order valence-electron chi connectivity index (χ1n) is 3.90. The molecule has 6 heteroatoms. The summed E-state index contributed by atoms with van der Waals surface area (Å²) in [5.74, 6) is 5.48. The second-order valence-electron chi connectivity index (χ2n) is 2.66. The Morgan fingerprint density at radius 1 is 1.57 bits per heavy atom. The van der Waals surface area contributed by atoms with E-state index in [1.807, 2.05) is 16.8 Å². The molecule has 0 fully saturated rings. The molecule has 1 atom stereocenters. The highest BCUT2D eigenvalue weighted by molar-refractivity contribution is 7.14. The summed E-state index contributed by atoms with van der Waals surface area (Å²) < 4.78 is 0.751. The van der Waals surface area contributed by atoms with E-state index in [0.717, 1.165) is 15.6 Å². The molecule has 3 N–H and O–H groups in total. The van der Waals surface area contributed by atoms with Gasteiger partial charge in [-0.05, 0) is 11.4 Å². The van der Waals surface area contributed by atoms with Gasteiger partial charge in [0.15, 0.2) is 0 Å². The lowest BCUT2D eigenvalue weighted by atomic mass is 10.1. The van der Waals surface area contributed by atoms with Gasteiger partial charge in [0.2, 0.25) is 0 Å². The Bertz CT molecular complexity index is 398. The standard InChI is InChI=1S/C8H8ClN3S2/c9-8-5(1-2-14-8)7(12-10)6-3-13-4-11-6/h1-4,7,12H,10H2. The van der Waals surface area contributed by atoms with Crippen molar-refractivity contribution in [2.24, 2.45) is 5.84 Å². The van der Waals surface area contributed by atoms with Gasteiger partial charge < -0.3 is 0 Å². The summed E-state index contributed by atoms with van der Waals surface area (Å²) >= 11 is 9.06. The Morgan fingerprint density at radius 3 is 2.93 bits per heavy atom. The average molecular weight is 246 g/mol. The molecule has 0 aliphatic rings. The van der Waals surface area contributed by atoms with Crippen LogP contribution in [0.4, 0.5) is 0 Å². The molecule has 0 amide bonds. The van der Waals surface area contributed by atoms with Crippen molar-refractivity contribution >= 4 is 34.3 Å². The molecule has 0 saturated carbocycles. The van der Waals surface area contributed by atoms with Crippen molar-refractivity contribution in [1.82, 2.24) is 10.4 Å². The van der Waals surface area contributed by atoms with E-state index in [4.69, 9.17) is 17.4 Å². The topological polar surface area (TPSA) is 50.9 Å². The predicted molar refractivity (Wildman–Crippen MR) is 60.6 cm³/mol. The van der Waals surface area contributed by atoms with Crippen molar-refractivity contribution in [3.63, 3.8) is 0 Å². The fraction of sp³-hybridized carbons (Fsp3) is 0.125. The minimum Gasteiger partial charge on any atom is -0.271 e. The van der Waals surface area contributed by atoms with Crippen LogP contribution < -0.4 is 11.3 Å². The Morgan fingerprint density at radius 2 is 2.43 bits per heavy atom. The molecule has 2 heterocycles.